The molecule has 33 heavy (non-hydrogen) atoms. The first-order chi connectivity index (χ1) is 15.9. The van der Waals surface area contributed by atoms with Crippen molar-refractivity contribution < 1.29 is 23.8 Å². The topological polar surface area (TPSA) is 91.6 Å². The van der Waals surface area contributed by atoms with Gasteiger partial charge in [0.15, 0.2) is 11.5 Å². The van der Waals surface area contributed by atoms with Crippen LogP contribution in [0.25, 0.3) is 6.08 Å². The van der Waals surface area contributed by atoms with E-state index in [1.165, 1.54) is 36.4 Å². The Labute approximate surface area is 204 Å². The van der Waals surface area contributed by atoms with Gasteiger partial charge in [-0.05, 0) is 83.6 Å². The average Bonchev–Trinajstić information content (AvgIpc) is 2.79. The lowest BCUT2D eigenvalue weighted by Crippen LogP contribution is -2.13. The van der Waals surface area contributed by atoms with Crippen LogP contribution in [0.1, 0.15) is 18.1 Å². The molecule has 8 heteroatoms. The Balaban J connectivity index is 1.85. The number of carbonyl (C=O) groups excluding carboxylic acids is 1. The van der Waals surface area contributed by atoms with E-state index in [4.69, 9.17) is 9.47 Å². The lowest BCUT2D eigenvalue weighted by atomic mass is 10.1. The molecule has 168 valence electrons. The van der Waals surface area contributed by atoms with Crippen LogP contribution >= 0.6 is 22.6 Å². The molecule has 3 aromatic carbocycles. The number of carbonyl (C=O) groups is 1. The van der Waals surface area contributed by atoms with Crippen LogP contribution in [-0.4, -0.2) is 17.6 Å². The first-order valence-electron chi connectivity index (χ1n) is 9.96. The molecule has 6 nitrogen and oxygen atoms in total. The number of anilines is 1. The molecule has 2 N–H and O–H groups in total. The molecule has 0 aliphatic carbocycles. The quantitative estimate of drug-likeness (QED) is 0.161. The van der Waals surface area contributed by atoms with E-state index >= 15 is 0 Å². The zero-order chi connectivity index (χ0) is 23.8. The molecule has 0 aliphatic rings. The normalized spacial score (nSPS) is 10.9. The third-order valence-electron chi connectivity index (χ3n) is 4.46. The first kappa shape index (κ1) is 24.1. The first-order valence-corrected chi connectivity index (χ1v) is 11.0. The summed E-state index contributed by atoms with van der Waals surface area (Å²) in [5.41, 5.74) is 1.32. The summed E-state index contributed by atoms with van der Waals surface area (Å²) < 4.78 is 26.2. The maximum Gasteiger partial charge on any atom is 0.266 e. The van der Waals surface area contributed by atoms with E-state index < -0.39 is 5.91 Å². The summed E-state index contributed by atoms with van der Waals surface area (Å²) in [6.45, 7) is 2.21. The summed E-state index contributed by atoms with van der Waals surface area (Å²) in [5.74, 6) is -0.00752. The van der Waals surface area contributed by atoms with Crippen LogP contribution in [0.3, 0.4) is 0 Å². The van der Waals surface area contributed by atoms with Gasteiger partial charge >= 0.3 is 0 Å². The molecule has 3 rings (SSSR count). The Morgan fingerprint density at radius 2 is 1.91 bits per heavy atom. The molecular formula is C25H20FIN2O4. The molecule has 1 amide bonds. The number of aromatic hydroxyl groups is 1. The number of rotatable bonds is 8. The van der Waals surface area contributed by atoms with Crippen molar-refractivity contribution in [3.05, 3.63) is 86.8 Å². The molecule has 0 aromatic heterocycles. The molecule has 0 unspecified atom stereocenters. The second kappa shape index (κ2) is 11.3. The van der Waals surface area contributed by atoms with Gasteiger partial charge in [0, 0.05) is 11.3 Å². The standard InChI is InChI=1S/C25H20FIN2O4/c1-2-32-23-13-16(11-18(14-28)25(31)29-19-7-9-20(30)10-8-19)12-22(27)24(23)33-15-17-5-3-4-6-21(17)26/h3-13,30H,2,15H2,1H3,(H,29,31)/b18-11+. The predicted octanol–water partition coefficient (Wildman–Crippen LogP) is 5.66. The van der Waals surface area contributed by atoms with Crippen LogP contribution in [0.15, 0.2) is 66.2 Å². The number of ether oxygens (including phenoxy) is 2. The molecule has 0 saturated heterocycles. The molecular weight excluding hydrogens is 538 g/mol. The van der Waals surface area contributed by atoms with Crippen molar-refractivity contribution in [3.63, 3.8) is 0 Å². The highest BCUT2D eigenvalue weighted by Gasteiger charge is 2.15. The monoisotopic (exact) mass is 558 g/mol. The van der Waals surface area contributed by atoms with Gasteiger partial charge in [0.25, 0.3) is 5.91 Å². The number of nitrogens with one attached hydrogen (secondary N) is 1. The largest absolute Gasteiger partial charge is 0.508 e. The summed E-state index contributed by atoms with van der Waals surface area (Å²) >= 11 is 2.07. The second-order valence-electron chi connectivity index (χ2n) is 6.81. The zero-order valence-corrected chi connectivity index (χ0v) is 19.8. The van der Waals surface area contributed by atoms with Gasteiger partial charge in [0.2, 0.25) is 0 Å². The molecule has 0 atom stereocenters. The van der Waals surface area contributed by atoms with Crippen molar-refractivity contribution in [1.82, 2.24) is 0 Å². The number of nitrogens with zero attached hydrogens (tertiary/aromatic N) is 1. The molecule has 0 fully saturated rings. The molecule has 3 aromatic rings. The van der Waals surface area contributed by atoms with Gasteiger partial charge in [0.1, 0.15) is 29.8 Å². The van der Waals surface area contributed by atoms with E-state index in [1.54, 1.807) is 30.3 Å². The third-order valence-corrected chi connectivity index (χ3v) is 5.26. The van der Waals surface area contributed by atoms with Crippen LogP contribution in [0.4, 0.5) is 10.1 Å². The van der Waals surface area contributed by atoms with Crippen LogP contribution < -0.4 is 14.8 Å². The number of hydrogen-bond donors (Lipinski definition) is 2. The molecule has 0 bridgehead atoms. The number of amides is 1. The highest BCUT2D eigenvalue weighted by Crippen LogP contribution is 2.35. The maximum atomic E-state index is 13.9. The van der Waals surface area contributed by atoms with Crippen molar-refractivity contribution in [2.24, 2.45) is 0 Å². The predicted molar refractivity (Wildman–Crippen MR) is 131 cm³/mol. The Morgan fingerprint density at radius 1 is 1.18 bits per heavy atom. The average molecular weight is 558 g/mol. The van der Waals surface area contributed by atoms with E-state index in [9.17, 15) is 19.6 Å². The highest BCUT2D eigenvalue weighted by atomic mass is 127. The van der Waals surface area contributed by atoms with E-state index in [1.807, 2.05) is 13.0 Å². The Hall–Kier alpha value is -3.58. The number of hydrogen-bond acceptors (Lipinski definition) is 5. The third kappa shape index (κ3) is 6.46. The fourth-order valence-corrected chi connectivity index (χ4v) is 3.68. The second-order valence-corrected chi connectivity index (χ2v) is 7.98. The lowest BCUT2D eigenvalue weighted by Gasteiger charge is -2.15. The van der Waals surface area contributed by atoms with Gasteiger partial charge in [-0.1, -0.05) is 18.2 Å². The fourth-order valence-electron chi connectivity index (χ4n) is 2.90. The van der Waals surface area contributed by atoms with Gasteiger partial charge < -0.3 is 19.9 Å². The Morgan fingerprint density at radius 3 is 2.58 bits per heavy atom. The van der Waals surface area contributed by atoms with Crippen molar-refractivity contribution in [3.8, 4) is 23.3 Å². The highest BCUT2D eigenvalue weighted by molar-refractivity contribution is 14.1. The van der Waals surface area contributed by atoms with Crippen molar-refractivity contribution in [2.45, 2.75) is 13.5 Å². The maximum absolute atomic E-state index is 13.9. The van der Waals surface area contributed by atoms with Gasteiger partial charge in [-0.3, -0.25) is 4.79 Å². The SMILES string of the molecule is CCOc1cc(/C=C(\C#N)C(=O)Nc2ccc(O)cc2)cc(I)c1OCc1ccccc1F. The van der Waals surface area contributed by atoms with E-state index in [2.05, 4.69) is 27.9 Å². The van der Waals surface area contributed by atoms with Crippen LogP contribution in [0.5, 0.6) is 17.2 Å². The number of halogens is 2. The summed E-state index contributed by atoms with van der Waals surface area (Å²) in [4.78, 5) is 12.5. The summed E-state index contributed by atoms with van der Waals surface area (Å²) in [7, 11) is 0. The lowest BCUT2D eigenvalue weighted by molar-refractivity contribution is -0.112. The fraction of sp³-hybridized carbons (Fsp3) is 0.120. The molecule has 0 radical (unpaired) electrons. The molecule has 0 spiro atoms. The number of phenols is 1. The van der Waals surface area contributed by atoms with Crippen molar-refractivity contribution >= 4 is 40.3 Å². The van der Waals surface area contributed by atoms with E-state index in [0.29, 0.717) is 38.5 Å². The van der Waals surface area contributed by atoms with Gasteiger partial charge in [-0.25, -0.2) is 4.39 Å². The summed E-state index contributed by atoms with van der Waals surface area (Å²) in [6, 6.07) is 17.6. The Bertz CT molecular complexity index is 1220. The van der Waals surface area contributed by atoms with Crippen LogP contribution in [-0.2, 0) is 11.4 Å². The molecule has 0 saturated carbocycles. The van der Waals surface area contributed by atoms with E-state index in [0.717, 1.165) is 0 Å². The minimum atomic E-state index is -0.587. The van der Waals surface area contributed by atoms with Crippen LogP contribution in [0, 0.1) is 20.7 Å². The number of nitriles is 1. The van der Waals surface area contributed by atoms with E-state index in [-0.39, 0.29) is 23.7 Å². The summed E-state index contributed by atoms with van der Waals surface area (Å²) in [6.07, 6.45) is 1.45. The molecule has 0 aliphatic heterocycles. The number of benzene rings is 3. The minimum Gasteiger partial charge on any atom is -0.508 e. The van der Waals surface area contributed by atoms with Crippen LogP contribution in [0.2, 0.25) is 0 Å². The van der Waals surface area contributed by atoms with Gasteiger partial charge in [-0.15, -0.1) is 0 Å². The summed E-state index contributed by atoms with van der Waals surface area (Å²) in [5, 5.41) is 21.5. The number of phenolic OH excluding ortho intramolecular Hbond substituents is 1. The zero-order valence-electron chi connectivity index (χ0n) is 17.6. The smallest absolute Gasteiger partial charge is 0.266 e. The van der Waals surface area contributed by atoms with Gasteiger partial charge in [0.05, 0.1) is 10.2 Å². The van der Waals surface area contributed by atoms with Crippen molar-refractivity contribution in [1.29, 1.82) is 5.26 Å². The molecule has 0 heterocycles. The van der Waals surface area contributed by atoms with Crippen molar-refractivity contribution in [2.75, 3.05) is 11.9 Å². The Kier molecular flexibility index (Phi) is 8.27. The van der Waals surface area contributed by atoms with Gasteiger partial charge in [-0.2, -0.15) is 5.26 Å². The minimum absolute atomic E-state index is 0.0242.